The molecule has 0 spiro atoms. The van der Waals surface area contributed by atoms with Crippen molar-refractivity contribution in [2.24, 2.45) is 0 Å². The first-order valence-electron chi connectivity index (χ1n) is 7.72. The highest BCUT2D eigenvalue weighted by Gasteiger charge is 2.27. The summed E-state index contributed by atoms with van der Waals surface area (Å²) >= 11 is 6.05. The number of nitrogens with one attached hydrogen (secondary N) is 1. The number of fused-ring (bicyclic) bond motifs is 1. The molecule has 1 saturated carbocycles. The molecule has 24 heavy (non-hydrogen) atoms. The van der Waals surface area contributed by atoms with Gasteiger partial charge in [0.05, 0.1) is 17.7 Å². The SMILES string of the molecule is O=C(O)COCCNC(=O)c1cc(C2CC2)nc2ccc(Cl)cc12. The molecule has 1 aliphatic carbocycles. The molecule has 1 aromatic heterocycles. The Hall–Kier alpha value is -2.18. The van der Waals surface area contributed by atoms with Crippen LogP contribution in [0, 0.1) is 0 Å². The third-order valence-electron chi connectivity index (χ3n) is 3.79. The molecule has 0 atom stereocenters. The van der Waals surface area contributed by atoms with Crippen LogP contribution in [0.15, 0.2) is 24.3 Å². The zero-order chi connectivity index (χ0) is 17.1. The lowest BCUT2D eigenvalue weighted by Gasteiger charge is -2.10. The summed E-state index contributed by atoms with van der Waals surface area (Å²) in [5, 5.41) is 12.5. The number of carbonyl (C=O) groups excluding carboxylic acids is 1. The number of pyridine rings is 1. The first-order chi connectivity index (χ1) is 11.5. The molecular formula is C17H17ClN2O4. The minimum atomic E-state index is -1.04. The van der Waals surface area contributed by atoms with Crippen LogP contribution in [0.2, 0.25) is 5.02 Å². The molecule has 3 rings (SSSR count). The van der Waals surface area contributed by atoms with E-state index >= 15 is 0 Å². The minimum absolute atomic E-state index is 0.136. The van der Waals surface area contributed by atoms with E-state index in [4.69, 9.17) is 21.4 Å². The number of nitrogens with zero attached hydrogens (tertiary/aromatic N) is 1. The van der Waals surface area contributed by atoms with Crippen molar-refractivity contribution in [3.8, 4) is 0 Å². The summed E-state index contributed by atoms with van der Waals surface area (Å²) in [7, 11) is 0. The number of carboxylic acid groups (broad SMARTS) is 1. The highest BCUT2D eigenvalue weighted by Crippen LogP contribution is 2.40. The Morgan fingerprint density at radius 2 is 2.12 bits per heavy atom. The van der Waals surface area contributed by atoms with Gasteiger partial charge in [0.15, 0.2) is 0 Å². The molecule has 1 heterocycles. The number of amides is 1. The fraction of sp³-hybridized carbons (Fsp3) is 0.353. The maximum Gasteiger partial charge on any atom is 0.329 e. The van der Waals surface area contributed by atoms with Crippen molar-refractivity contribution in [2.45, 2.75) is 18.8 Å². The monoisotopic (exact) mass is 348 g/mol. The molecule has 1 aliphatic rings. The Balaban J connectivity index is 1.77. The van der Waals surface area contributed by atoms with Crippen LogP contribution in [-0.4, -0.2) is 41.7 Å². The van der Waals surface area contributed by atoms with Crippen LogP contribution in [-0.2, 0) is 9.53 Å². The highest BCUT2D eigenvalue weighted by atomic mass is 35.5. The van der Waals surface area contributed by atoms with Gasteiger partial charge in [0.25, 0.3) is 5.91 Å². The number of ether oxygens (including phenoxy) is 1. The molecule has 0 radical (unpaired) electrons. The third kappa shape index (κ3) is 4.01. The molecule has 0 saturated heterocycles. The normalized spacial score (nSPS) is 13.9. The van der Waals surface area contributed by atoms with Gasteiger partial charge in [-0.25, -0.2) is 4.79 Å². The topological polar surface area (TPSA) is 88.5 Å². The fourth-order valence-electron chi connectivity index (χ4n) is 2.49. The summed E-state index contributed by atoms with van der Waals surface area (Å²) in [4.78, 5) is 27.5. The molecule has 2 N–H and O–H groups in total. The van der Waals surface area contributed by atoms with Gasteiger partial charge in [-0.3, -0.25) is 9.78 Å². The zero-order valence-corrected chi connectivity index (χ0v) is 13.7. The average molecular weight is 349 g/mol. The van der Waals surface area contributed by atoms with Gasteiger partial charge in [-0.15, -0.1) is 0 Å². The number of hydrogen-bond acceptors (Lipinski definition) is 4. The van der Waals surface area contributed by atoms with Crippen molar-refractivity contribution in [1.82, 2.24) is 10.3 Å². The van der Waals surface area contributed by atoms with Gasteiger partial charge in [0.1, 0.15) is 6.61 Å². The van der Waals surface area contributed by atoms with Gasteiger partial charge in [0.2, 0.25) is 0 Å². The molecule has 0 unspecified atom stereocenters. The van der Waals surface area contributed by atoms with Crippen LogP contribution in [0.3, 0.4) is 0 Å². The maximum absolute atomic E-state index is 12.5. The number of aromatic nitrogens is 1. The minimum Gasteiger partial charge on any atom is -0.480 e. The molecule has 7 heteroatoms. The van der Waals surface area contributed by atoms with Crippen LogP contribution in [0.1, 0.15) is 34.8 Å². The standard InChI is InChI=1S/C17H17ClN2O4/c18-11-3-4-14-12(7-11)13(8-15(20-14)10-1-2-10)17(23)19-5-6-24-9-16(21)22/h3-4,7-8,10H,1-2,5-6,9H2,(H,19,23)(H,21,22). The largest absolute Gasteiger partial charge is 0.480 e. The summed E-state index contributed by atoms with van der Waals surface area (Å²) < 4.78 is 4.91. The lowest BCUT2D eigenvalue weighted by Crippen LogP contribution is -2.28. The molecule has 2 aromatic rings. The number of carboxylic acids is 1. The Bertz CT molecular complexity index is 789. The van der Waals surface area contributed by atoms with Crippen molar-refractivity contribution in [3.63, 3.8) is 0 Å². The Labute approximate surface area is 143 Å². The summed E-state index contributed by atoms with van der Waals surface area (Å²) in [5.74, 6) is -0.855. The second-order valence-corrected chi connectivity index (χ2v) is 6.17. The van der Waals surface area contributed by atoms with Crippen LogP contribution in [0.5, 0.6) is 0 Å². The third-order valence-corrected chi connectivity index (χ3v) is 4.02. The number of benzene rings is 1. The lowest BCUT2D eigenvalue weighted by atomic mass is 10.1. The quantitative estimate of drug-likeness (QED) is 0.751. The second-order valence-electron chi connectivity index (χ2n) is 5.73. The van der Waals surface area contributed by atoms with Gasteiger partial charge in [-0.05, 0) is 37.1 Å². The molecule has 6 nitrogen and oxygen atoms in total. The smallest absolute Gasteiger partial charge is 0.329 e. The number of hydrogen-bond donors (Lipinski definition) is 2. The zero-order valence-electron chi connectivity index (χ0n) is 12.9. The lowest BCUT2D eigenvalue weighted by molar-refractivity contribution is -0.142. The van der Waals surface area contributed by atoms with Gasteiger partial charge >= 0.3 is 5.97 Å². The van der Waals surface area contributed by atoms with Crippen molar-refractivity contribution in [2.75, 3.05) is 19.8 Å². The van der Waals surface area contributed by atoms with Gasteiger partial charge in [-0.1, -0.05) is 11.6 Å². The van der Waals surface area contributed by atoms with Crippen LogP contribution in [0.25, 0.3) is 10.9 Å². The number of carbonyl (C=O) groups is 2. The summed E-state index contributed by atoms with van der Waals surface area (Å²) in [5.41, 5.74) is 2.20. The Morgan fingerprint density at radius 1 is 1.33 bits per heavy atom. The van der Waals surface area contributed by atoms with E-state index < -0.39 is 5.97 Å². The summed E-state index contributed by atoms with van der Waals surface area (Å²) in [6.07, 6.45) is 2.19. The number of halogens is 1. The van der Waals surface area contributed by atoms with Gasteiger partial charge < -0.3 is 15.2 Å². The molecule has 126 valence electrons. The van der Waals surface area contributed by atoms with Crippen molar-refractivity contribution >= 4 is 34.4 Å². The average Bonchev–Trinajstić information content (AvgIpc) is 3.38. The number of rotatable bonds is 7. The highest BCUT2D eigenvalue weighted by molar-refractivity contribution is 6.31. The summed E-state index contributed by atoms with van der Waals surface area (Å²) in [6.45, 7) is -0.0119. The van der Waals surface area contributed by atoms with E-state index in [0.29, 0.717) is 21.9 Å². The van der Waals surface area contributed by atoms with E-state index in [-0.39, 0.29) is 25.7 Å². The second kappa shape index (κ2) is 7.15. The first kappa shape index (κ1) is 16.7. The molecule has 1 amide bonds. The van der Waals surface area contributed by atoms with Crippen molar-refractivity contribution < 1.29 is 19.4 Å². The van der Waals surface area contributed by atoms with Gasteiger partial charge in [-0.2, -0.15) is 0 Å². The predicted octanol–water partition coefficient (Wildman–Crippen LogP) is 2.60. The molecule has 0 bridgehead atoms. The van der Waals surface area contributed by atoms with E-state index in [0.717, 1.165) is 24.1 Å². The van der Waals surface area contributed by atoms with Crippen LogP contribution in [0.4, 0.5) is 0 Å². The summed E-state index contributed by atoms with van der Waals surface area (Å²) in [6, 6.07) is 7.13. The van der Waals surface area contributed by atoms with E-state index in [9.17, 15) is 9.59 Å². The maximum atomic E-state index is 12.5. The van der Waals surface area contributed by atoms with E-state index in [1.54, 1.807) is 12.1 Å². The van der Waals surface area contributed by atoms with E-state index in [2.05, 4.69) is 10.3 Å². The first-order valence-corrected chi connectivity index (χ1v) is 8.10. The Morgan fingerprint density at radius 3 is 2.83 bits per heavy atom. The van der Waals surface area contributed by atoms with Crippen molar-refractivity contribution in [1.29, 1.82) is 0 Å². The fourth-order valence-corrected chi connectivity index (χ4v) is 2.66. The molecule has 0 aliphatic heterocycles. The van der Waals surface area contributed by atoms with Crippen molar-refractivity contribution in [3.05, 3.63) is 40.5 Å². The van der Waals surface area contributed by atoms with E-state index in [1.807, 2.05) is 12.1 Å². The molecular weight excluding hydrogens is 332 g/mol. The molecule has 1 fully saturated rings. The van der Waals surface area contributed by atoms with Gasteiger partial charge in [0, 0.05) is 28.6 Å². The predicted molar refractivity (Wildman–Crippen MR) is 89.5 cm³/mol. The van der Waals surface area contributed by atoms with Crippen LogP contribution < -0.4 is 5.32 Å². The number of aliphatic carboxylic acids is 1. The Kier molecular flexibility index (Phi) is 4.97. The molecule has 1 aromatic carbocycles. The van der Waals surface area contributed by atoms with Crippen LogP contribution >= 0.6 is 11.6 Å². The van der Waals surface area contributed by atoms with E-state index in [1.165, 1.54) is 0 Å².